The van der Waals surface area contributed by atoms with E-state index in [1.165, 1.54) is 89.9 Å². The minimum Gasteiger partial charge on any atom is -0.680 e. The van der Waals surface area contributed by atoms with Gasteiger partial charge in [-0.1, -0.05) is 115 Å². The molecular formula is C40H60CuN6O2-. The number of allylic oxidation sites excluding steroid dienone is 3. The molecular weight excluding hydrogens is 660 g/mol. The van der Waals surface area contributed by atoms with Gasteiger partial charge in [-0.15, -0.1) is 24.9 Å². The number of Topliss-reactive ketones (excluding diaryl/α,β-unsaturated/α-hetero) is 2. The molecule has 1 atom stereocenters. The molecule has 0 aromatic heterocycles. The molecule has 8 nitrogen and oxygen atoms in total. The largest absolute Gasteiger partial charge is 1.00 e. The summed E-state index contributed by atoms with van der Waals surface area (Å²) in [6.45, 7) is 1.63. The molecule has 0 bridgehead atoms. The predicted octanol–water partition coefficient (Wildman–Crippen LogP) is 10.0. The van der Waals surface area contributed by atoms with Crippen molar-refractivity contribution in [3.05, 3.63) is 34.6 Å². The fourth-order valence-electron chi connectivity index (χ4n) is 8.34. The zero-order chi connectivity index (χ0) is 33.2. The first-order valence-electron chi connectivity index (χ1n) is 19.7. The standard InChI is InChI=1S/C20H32N3O.C20H28N3O.Cu/c2*24-20(17-11-5-2-6-12-17)19(16-9-3-1-4-10-16)23-22-15-18-13-7-8-14-21-18;/h15-18H,1-14H2;7-8,13,15-17H,1-6,9-12,14H2;/q2*-1;+1. The zero-order valence-electron chi connectivity index (χ0n) is 29.8. The average molecular weight is 721 g/mol. The van der Waals surface area contributed by atoms with Crippen LogP contribution in [0.2, 0.25) is 0 Å². The van der Waals surface area contributed by atoms with Crippen molar-refractivity contribution in [2.45, 2.75) is 154 Å². The Morgan fingerprint density at radius 2 is 1.06 bits per heavy atom. The third kappa shape index (κ3) is 13.1. The molecule has 2 heterocycles. The van der Waals surface area contributed by atoms with E-state index in [2.05, 4.69) is 31.0 Å². The van der Waals surface area contributed by atoms with Gasteiger partial charge < -0.3 is 10.6 Å². The Morgan fingerprint density at radius 3 is 1.51 bits per heavy atom. The quantitative estimate of drug-likeness (QED) is 0.127. The molecule has 0 aromatic rings. The van der Waals surface area contributed by atoms with Gasteiger partial charge in [0.05, 0.1) is 0 Å². The van der Waals surface area contributed by atoms with Gasteiger partial charge in [-0.3, -0.25) is 9.59 Å². The first-order chi connectivity index (χ1) is 23.7. The minimum atomic E-state index is 0. The molecule has 2 aliphatic heterocycles. The van der Waals surface area contributed by atoms with E-state index in [1.54, 1.807) is 6.21 Å². The summed E-state index contributed by atoms with van der Waals surface area (Å²) in [4.78, 5) is 26.1. The Balaban J connectivity index is 0.000000216. The molecule has 1 unspecified atom stereocenters. The van der Waals surface area contributed by atoms with Crippen molar-refractivity contribution in [2.75, 3.05) is 13.1 Å². The third-order valence-electron chi connectivity index (χ3n) is 11.3. The second kappa shape index (κ2) is 22.6. The Hall–Kier alpha value is -2.22. The average Bonchev–Trinajstić information content (AvgIpc) is 3.17. The van der Waals surface area contributed by atoms with Gasteiger partial charge in [-0.2, -0.15) is 20.4 Å². The number of hydrogen-bond donors (Lipinski definition) is 0. The molecule has 6 rings (SSSR count). The normalized spacial score (nSPS) is 25.6. The van der Waals surface area contributed by atoms with Crippen molar-refractivity contribution in [2.24, 2.45) is 44.1 Å². The van der Waals surface area contributed by atoms with Gasteiger partial charge in [0.25, 0.3) is 0 Å². The number of carbonyl (C=O) groups is 2. The molecule has 0 spiro atoms. The summed E-state index contributed by atoms with van der Waals surface area (Å²) in [5.74, 6) is 1.61. The SMILES string of the molecule is O=C(C(=NN=CC1=CC=CC[N-]1)C1CCCCC1)C1CCCCC1.O=C(C(=NN=CC1CCCC[N-]1)C1CCCCC1)C1CCCCC1.[Cu+]. The van der Waals surface area contributed by atoms with Crippen LogP contribution >= 0.6 is 0 Å². The Morgan fingerprint density at radius 1 is 0.592 bits per heavy atom. The number of ketones is 2. The Kier molecular flexibility index (Phi) is 18.2. The van der Waals surface area contributed by atoms with Gasteiger partial charge in [0.2, 0.25) is 0 Å². The second-order valence-corrected chi connectivity index (χ2v) is 14.9. The van der Waals surface area contributed by atoms with Crippen molar-refractivity contribution in [3.63, 3.8) is 0 Å². The first-order valence-corrected chi connectivity index (χ1v) is 19.7. The van der Waals surface area contributed by atoms with E-state index < -0.39 is 0 Å². The van der Waals surface area contributed by atoms with Gasteiger partial charge in [0.1, 0.15) is 11.4 Å². The number of carbonyl (C=O) groups excluding carboxylic acids is 2. The fraction of sp³-hybridized carbons (Fsp3) is 0.750. The van der Waals surface area contributed by atoms with Gasteiger partial charge in [-0.25, -0.2) is 0 Å². The van der Waals surface area contributed by atoms with E-state index in [4.69, 9.17) is 0 Å². The molecule has 9 heteroatoms. The van der Waals surface area contributed by atoms with E-state index in [0.29, 0.717) is 24.2 Å². The molecule has 4 aliphatic carbocycles. The molecule has 49 heavy (non-hydrogen) atoms. The summed E-state index contributed by atoms with van der Waals surface area (Å²) in [7, 11) is 0. The monoisotopic (exact) mass is 719 g/mol. The summed E-state index contributed by atoms with van der Waals surface area (Å²) in [6.07, 6.45) is 36.2. The fourth-order valence-corrected chi connectivity index (χ4v) is 8.34. The summed E-state index contributed by atoms with van der Waals surface area (Å²) in [5, 5.41) is 26.4. The van der Waals surface area contributed by atoms with Crippen molar-refractivity contribution < 1.29 is 26.7 Å². The Bertz CT molecular complexity index is 1190. The summed E-state index contributed by atoms with van der Waals surface area (Å²) in [6, 6.07) is 0.208. The first kappa shape index (κ1) is 39.6. The maximum absolute atomic E-state index is 13.1. The summed E-state index contributed by atoms with van der Waals surface area (Å²) in [5.41, 5.74) is 2.35. The van der Waals surface area contributed by atoms with Crippen LogP contribution in [0.15, 0.2) is 44.3 Å². The van der Waals surface area contributed by atoms with Crippen LogP contribution in [-0.2, 0) is 26.7 Å². The maximum Gasteiger partial charge on any atom is 1.00 e. The molecule has 0 amide bonds. The number of rotatable bonds is 10. The van der Waals surface area contributed by atoms with Crippen molar-refractivity contribution in [3.8, 4) is 0 Å². The van der Waals surface area contributed by atoms with Crippen LogP contribution in [0.5, 0.6) is 0 Å². The minimum absolute atomic E-state index is 0. The van der Waals surface area contributed by atoms with E-state index in [0.717, 1.165) is 81.5 Å². The molecule has 0 N–H and O–H groups in total. The molecule has 1 saturated heterocycles. The van der Waals surface area contributed by atoms with Crippen molar-refractivity contribution >= 4 is 35.4 Å². The summed E-state index contributed by atoms with van der Waals surface area (Å²) < 4.78 is 0. The molecule has 5 fully saturated rings. The molecule has 0 radical (unpaired) electrons. The van der Waals surface area contributed by atoms with Crippen LogP contribution in [0.25, 0.3) is 10.6 Å². The van der Waals surface area contributed by atoms with E-state index in [9.17, 15) is 9.59 Å². The Labute approximate surface area is 306 Å². The maximum atomic E-state index is 13.1. The van der Waals surface area contributed by atoms with E-state index in [-0.39, 0.29) is 40.7 Å². The van der Waals surface area contributed by atoms with Crippen LogP contribution in [0, 0.1) is 23.7 Å². The third-order valence-corrected chi connectivity index (χ3v) is 11.3. The number of piperidine rings is 1. The summed E-state index contributed by atoms with van der Waals surface area (Å²) >= 11 is 0. The molecule has 0 aromatic carbocycles. The smallest absolute Gasteiger partial charge is 0.680 e. The number of nitrogens with zero attached hydrogens (tertiary/aromatic N) is 6. The van der Waals surface area contributed by atoms with Crippen LogP contribution < -0.4 is 0 Å². The van der Waals surface area contributed by atoms with Crippen LogP contribution in [0.3, 0.4) is 0 Å². The van der Waals surface area contributed by atoms with Crippen LogP contribution in [0.1, 0.15) is 148 Å². The topological polar surface area (TPSA) is 112 Å². The molecule has 4 saturated carbocycles. The van der Waals surface area contributed by atoms with Crippen molar-refractivity contribution in [1.29, 1.82) is 0 Å². The molecule has 274 valence electrons. The number of hydrogen-bond acceptors (Lipinski definition) is 6. The van der Waals surface area contributed by atoms with Gasteiger partial charge >= 0.3 is 17.1 Å². The van der Waals surface area contributed by atoms with Crippen molar-refractivity contribution in [1.82, 2.24) is 0 Å². The van der Waals surface area contributed by atoms with Gasteiger partial charge in [-0.05, 0) is 51.4 Å². The van der Waals surface area contributed by atoms with Crippen LogP contribution in [0.4, 0.5) is 0 Å². The van der Waals surface area contributed by atoms with Gasteiger partial charge in [0, 0.05) is 36.1 Å². The zero-order valence-corrected chi connectivity index (χ0v) is 30.7. The van der Waals surface area contributed by atoms with Crippen LogP contribution in [-0.4, -0.2) is 54.6 Å². The van der Waals surface area contributed by atoms with Gasteiger partial charge in [0.15, 0.2) is 11.6 Å². The predicted molar refractivity (Wildman–Crippen MR) is 199 cm³/mol. The van der Waals surface area contributed by atoms with E-state index in [1.807, 2.05) is 24.4 Å². The van der Waals surface area contributed by atoms with E-state index >= 15 is 0 Å². The molecule has 6 aliphatic rings. The second-order valence-electron chi connectivity index (χ2n) is 14.9.